The van der Waals surface area contributed by atoms with E-state index in [-0.39, 0.29) is 55.1 Å². The van der Waals surface area contributed by atoms with E-state index in [4.69, 9.17) is 19.2 Å². The number of ether oxygens (including phenoxy) is 3. The number of rotatable bonds is 21. The highest BCUT2D eigenvalue weighted by molar-refractivity contribution is 5.96. The fourth-order valence-electron chi connectivity index (χ4n) is 10.4. The van der Waals surface area contributed by atoms with Gasteiger partial charge in [-0.25, -0.2) is 5.43 Å². The quantitative estimate of drug-likeness (QED) is 0.0684. The molecule has 4 unspecified atom stereocenters. The number of aliphatic imine (C=N–C) groups is 1. The normalized spacial score (nSPS) is 18.3. The topological polar surface area (TPSA) is 188 Å². The highest BCUT2D eigenvalue weighted by atomic mass is 16.5. The Morgan fingerprint density at radius 2 is 1.82 bits per heavy atom. The molecule has 0 saturated carbocycles. The maximum Gasteiger partial charge on any atom is 0.298 e. The minimum atomic E-state index is -1.06. The van der Waals surface area contributed by atoms with Gasteiger partial charge in [0.1, 0.15) is 23.4 Å². The molecule has 400 valence electrons. The summed E-state index contributed by atoms with van der Waals surface area (Å²) in [6.45, 7) is 21.5. The van der Waals surface area contributed by atoms with Crippen molar-refractivity contribution in [3.8, 4) is 28.7 Å². The van der Waals surface area contributed by atoms with E-state index in [1.807, 2.05) is 58.8 Å². The minimum absolute atomic E-state index is 0.0165. The van der Waals surface area contributed by atoms with Gasteiger partial charge in [0.25, 0.3) is 18.3 Å². The van der Waals surface area contributed by atoms with E-state index >= 15 is 0 Å². The second-order valence-electron chi connectivity index (χ2n) is 21.3. The molecule has 3 aliphatic rings. The number of allylic oxidation sites excluding steroid dienone is 2. The maximum absolute atomic E-state index is 14.6. The zero-order valence-corrected chi connectivity index (χ0v) is 45.4. The van der Waals surface area contributed by atoms with E-state index in [1.165, 1.54) is 4.90 Å². The number of aromatic nitrogens is 1. The number of aromatic hydroxyl groups is 1. The fraction of sp³-hybridized carbons (Fsp3) is 0.544. The molecule has 74 heavy (non-hydrogen) atoms. The number of hydrogen-bond acceptors (Lipinski definition) is 12. The number of nitrogens with zero attached hydrogens (tertiary/aromatic N) is 6. The van der Waals surface area contributed by atoms with Crippen LogP contribution in [0.15, 0.2) is 59.7 Å². The van der Waals surface area contributed by atoms with Crippen molar-refractivity contribution in [2.24, 2.45) is 22.2 Å². The fourth-order valence-corrected chi connectivity index (χ4v) is 10.4. The molecule has 1 aromatic heterocycles. The lowest BCUT2D eigenvalue weighted by atomic mass is 9.84. The number of amides is 4. The first-order valence-corrected chi connectivity index (χ1v) is 25.8. The Bertz CT molecular complexity index is 2680. The van der Waals surface area contributed by atoms with Crippen LogP contribution in [0.25, 0.3) is 27.6 Å². The van der Waals surface area contributed by atoms with Crippen LogP contribution in [0.4, 0.5) is 0 Å². The van der Waals surface area contributed by atoms with Crippen molar-refractivity contribution in [1.29, 1.82) is 0 Å². The molecule has 17 heteroatoms. The maximum atomic E-state index is 14.6. The molecule has 3 N–H and O–H groups in total. The van der Waals surface area contributed by atoms with Gasteiger partial charge >= 0.3 is 0 Å². The lowest BCUT2D eigenvalue weighted by Gasteiger charge is -2.42. The van der Waals surface area contributed by atoms with Crippen LogP contribution in [0.2, 0.25) is 0 Å². The second kappa shape index (κ2) is 24.8. The van der Waals surface area contributed by atoms with Crippen LogP contribution in [-0.2, 0) is 57.6 Å². The molecule has 4 amide bonds. The molecule has 3 saturated heterocycles. The van der Waals surface area contributed by atoms with Crippen LogP contribution in [0.1, 0.15) is 84.5 Å². The molecule has 3 aromatic rings. The molecule has 3 aliphatic heterocycles. The number of benzene rings is 2. The molecular weight excluding hydrogens is 941 g/mol. The zero-order valence-electron chi connectivity index (χ0n) is 45.4. The predicted octanol–water partition coefficient (Wildman–Crippen LogP) is 5.62. The van der Waals surface area contributed by atoms with Gasteiger partial charge in [0.15, 0.2) is 0 Å². The van der Waals surface area contributed by atoms with E-state index in [9.17, 15) is 29.1 Å². The number of nitrogens with one attached hydrogen (secondary N) is 2. The minimum Gasteiger partial charge on any atom is -0.508 e. The summed E-state index contributed by atoms with van der Waals surface area (Å²) in [5.41, 5.74) is 8.99. The number of phenolic OH excluding ortho intramolecular Hbond substituents is 1. The summed E-state index contributed by atoms with van der Waals surface area (Å²) in [6.07, 6.45) is 5.64. The molecule has 0 spiro atoms. The molecule has 6 rings (SSSR count). The van der Waals surface area contributed by atoms with Crippen molar-refractivity contribution in [2.45, 2.75) is 111 Å². The lowest BCUT2D eigenvalue weighted by Crippen LogP contribution is -2.59. The van der Waals surface area contributed by atoms with Gasteiger partial charge < -0.3 is 39.0 Å². The van der Waals surface area contributed by atoms with E-state index in [2.05, 4.69) is 66.6 Å². The smallest absolute Gasteiger partial charge is 0.298 e. The number of hydrazine groups is 1. The number of hydrogen-bond donors (Lipinski definition) is 3. The van der Waals surface area contributed by atoms with Gasteiger partial charge in [0.05, 0.1) is 37.5 Å². The Kier molecular flexibility index (Phi) is 19.1. The number of carbonyl (C=O) groups is 5. The van der Waals surface area contributed by atoms with Gasteiger partial charge in [0, 0.05) is 81.5 Å². The van der Waals surface area contributed by atoms with Gasteiger partial charge in [0.2, 0.25) is 11.8 Å². The summed E-state index contributed by atoms with van der Waals surface area (Å²) in [6, 6.07) is 9.40. The summed E-state index contributed by atoms with van der Waals surface area (Å²) in [4.78, 5) is 77.7. The predicted molar refractivity (Wildman–Crippen MR) is 288 cm³/mol. The zero-order chi connectivity index (χ0) is 54.1. The lowest BCUT2D eigenvalue weighted by molar-refractivity contribution is -0.145. The molecule has 4 heterocycles. The third kappa shape index (κ3) is 12.9. The van der Waals surface area contributed by atoms with Gasteiger partial charge in [-0.2, -0.15) is 0 Å². The number of likely N-dealkylation sites (tertiary alicyclic amines) is 1. The van der Waals surface area contributed by atoms with Crippen molar-refractivity contribution in [3.05, 3.63) is 71.6 Å². The van der Waals surface area contributed by atoms with Gasteiger partial charge in [-0.15, -0.1) is 0 Å². The number of phenols is 1. The summed E-state index contributed by atoms with van der Waals surface area (Å²) in [7, 11) is 7.05. The first-order chi connectivity index (χ1) is 35.2. The Balaban J connectivity index is 1.32. The van der Waals surface area contributed by atoms with Crippen LogP contribution in [0.3, 0.4) is 0 Å². The van der Waals surface area contributed by atoms with E-state index < -0.39 is 34.9 Å². The molecule has 0 radical (unpaired) electrons. The molecule has 3 fully saturated rings. The van der Waals surface area contributed by atoms with Crippen molar-refractivity contribution in [3.63, 3.8) is 0 Å². The van der Waals surface area contributed by atoms with Crippen molar-refractivity contribution in [2.75, 3.05) is 74.3 Å². The largest absolute Gasteiger partial charge is 0.508 e. The monoisotopic (exact) mass is 1020 g/mol. The van der Waals surface area contributed by atoms with Gasteiger partial charge in [-0.3, -0.25) is 38.9 Å². The third-order valence-corrected chi connectivity index (χ3v) is 14.7. The number of likely N-dealkylation sites (N-methyl/N-ethyl adjacent to an activating group) is 2. The molecule has 2 aromatic carbocycles. The van der Waals surface area contributed by atoms with Crippen molar-refractivity contribution in [1.82, 2.24) is 35.0 Å². The molecule has 0 aliphatic carbocycles. The van der Waals surface area contributed by atoms with E-state index in [0.717, 1.165) is 51.8 Å². The van der Waals surface area contributed by atoms with Crippen LogP contribution in [-0.4, -0.2) is 164 Å². The summed E-state index contributed by atoms with van der Waals surface area (Å²) in [5.74, 6) is 3.54. The molecule has 17 nitrogen and oxygen atoms in total. The molecule has 0 bridgehead atoms. The Morgan fingerprint density at radius 3 is 2.43 bits per heavy atom. The standard InChI is InChI=1S/C57H78N8O9/c1-13-22-58-50(39(6)72-12)38(5)52-46(31-56(7,8)33-74-36-66)45-30-41(17-18-48(45)64(52)14-2)43-26-40(27-44(67)29-43)28-47(55(71)65-24-16-15-23-59-65)60-53(69)51(37(3)4)62(11)54(70)42-20-25-63(32-42)49(68)19-21-57(61(9)10)34-73-35-57/h13,17-18,22,26-27,29-30,36-37,39,42,47,51,59,67H,1,14-16,20,23-25,28,31-35H2,2-12H3,(H,60,69)/b50-38+,58-22?. The number of fused-ring (bicyclic) bond motifs is 1. The van der Waals surface area contributed by atoms with E-state index in [1.54, 1.807) is 48.5 Å². The van der Waals surface area contributed by atoms with Crippen LogP contribution in [0, 0.1) is 29.1 Å². The Hall–Kier alpha value is -6.32. The number of aryl methyl sites for hydroxylation is 1. The Labute approximate surface area is 437 Å². The summed E-state index contributed by atoms with van der Waals surface area (Å²) in [5, 5.41) is 17.0. The highest BCUT2D eigenvalue weighted by Crippen LogP contribution is 2.40. The van der Waals surface area contributed by atoms with Crippen LogP contribution >= 0.6 is 0 Å². The number of methoxy groups -OCH3 is 1. The van der Waals surface area contributed by atoms with Crippen molar-refractivity contribution >= 4 is 52.8 Å². The summed E-state index contributed by atoms with van der Waals surface area (Å²) < 4.78 is 18.8. The molecule has 4 atom stereocenters. The summed E-state index contributed by atoms with van der Waals surface area (Å²) >= 11 is 0. The Morgan fingerprint density at radius 1 is 1.08 bits per heavy atom. The number of carbonyl (C=O) groups excluding carboxylic acids is 5. The van der Waals surface area contributed by atoms with Gasteiger partial charge in [-0.05, 0) is 124 Å². The second-order valence-corrected chi connectivity index (χ2v) is 21.3. The van der Waals surface area contributed by atoms with Crippen molar-refractivity contribution < 1.29 is 43.3 Å². The average molecular weight is 1020 g/mol. The van der Waals surface area contributed by atoms with Gasteiger partial charge in [-0.1, -0.05) is 58.4 Å². The highest BCUT2D eigenvalue weighted by Gasteiger charge is 2.41. The third-order valence-electron chi connectivity index (χ3n) is 14.7. The SMILES string of the molecule is C=CC=N/C(=C(\C)c1c(CC(C)(C)COC=O)c2cc(-c3cc(O)cc(CC(NC(=O)C(C(C)C)N(C)C(=O)C4CCN(C(=O)C#CC5(N(C)C)COC5)C4)C(=O)N4CCCCN4)c3)ccc2n1CC)C(C)OC. The van der Waals surface area contributed by atoms with E-state index in [0.29, 0.717) is 69.8 Å². The van der Waals surface area contributed by atoms with Crippen LogP contribution in [0.5, 0.6) is 5.75 Å². The average Bonchev–Trinajstić information content (AvgIpc) is 3.97. The molecular formula is C57H78N8O9. The first-order valence-electron chi connectivity index (χ1n) is 25.8. The van der Waals surface area contributed by atoms with Crippen LogP contribution < -0.4 is 10.7 Å². The first kappa shape index (κ1) is 57.0.